The number of hydrogen-bond donors (Lipinski definition) is 2. The number of fused-ring (bicyclic) bond motifs is 1. The number of carbonyl (C=O) groups excluding carboxylic acids is 2. The summed E-state index contributed by atoms with van der Waals surface area (Å²) in [5, 5.41) is 6.13. The zero-order chi connectivity index (χ0) is 20.8. The Morgan fingerprint density at radius 1 is 1.00 bits per heavy atom. The average Bonchev–Trinajstić information content (AvgIpc) is 3.08. The van der Waals surface area contributed by atoms with Gasteiger partial charge in [0.25, 0.3) is 0 Å². The Morgan fingerprint density at radius 2 is 1.72 bits per heavy atom. The highest BCUT2D eigenvalue weighted by Crippen LogP contribution is 2.30. The number of anilines is 2. The fourth-order valence-corrected chi connectivity index (χ4v) is 4.07. The number of rotatable bonds is 8. The lowest BCUT2D eigenvalue weighted by Gasteiger charge is -2.10. The van der Waals surface area contributed by atoms with E-state index in [9.17, 15) is 9.59 Å². The van der Waals surface area contributed by atoms with Gasteiger partial charge in [0, 0.05) is 11.8 Å². The summed E-state index contributed by atoms with van der Waals surface area (Å²) in [5.41, 5.74) is 2.59. The van der Waals surface area contributed by atoms with Gasteiger partial charge in [0.2, 0.25) is 11.8 Å². The molecule has 3 aromatic rings. The largest absolute Gasteiger partial charge is 0.493 e. The van der Waals surface area contributed by atoms with Crippen LogP contribution in [-0.2, 0) is 9.59 Å². The van der Waals surface area contributed by atoms with E-state index < -0.39 is 0 Å². The zero-order valence-corrected chi connectivity index (χ0v) is 17.9. The number of benzene rings is 2. The zero-order valence-electron chi connectivity index (χ0n) is 16.3. The minimum Gasteiger partial charge on any atom is -0.493 e. The normalized spacial score (nSPS) is 10.6. The van der Waals surface area contributed by atoms with Crippen LogP contribution in [0, 0.1) is 6.92 Å². The quantitative estimate of drug-likeness (QED) is 0.562. The lowest BCUT2D eigenvalue weighted by Crippen LogP contribution is -2.18. The van der Waals surface area contributed by atoms with Gasteiger partial charge in [-0.2, -0.15) is 0 Å². The average molecular weight is 432 g/mol. The number of methoxy groups -OCH3 is 2. The van der Waals surface area contributed by atoms with Crippen molar-refractivity contribution in [2.24, 2.45) is 0 Å². The monoisotopic (exact) mass is 431 g/mol. The molecule has 0 bridgehead atoms. The second kappa shape index (κ2) is 9.62. The van der Waals surface area contributed by atoms with E-state index in [1.54, 1.807) is 25.3 Å². The molecule has 0 saturated carbocycles. The highest BCUT2D eigenvalue weighted by atomic mass is 32.2. The molecule has 7 nitrogen and oxygen atoms in total. The van der Waals surface area contributed by atoms with Crippen LogP contribution in [0.3, 0.4) is 0 Å². The molecule has 9 heteroatoms. The van der Waals surface area contributed by atoms with Crippen LogP contribution in [0.1, 0.15) is 5.56 Å². The molecule has 0 spiro atoms. The van der Waals surface area contributed by atoms with Crippen molar-refractivity contribution < 1.29 is 19.1 Å². The van der Waals surface area contributed by atoms with E-state index in [4.69, 9.17) is 9.47 Å². The third-order valence-corrected chi connectivity index (χ3v) is 5.81. The van der Waals surface area contributed by atoms with Crippen LogP contribution in [0.4, 0.5) is 10.8 Å². The van der Waals surface area contributed by atoms with Gasteiger partial charge in [0.15, 0.2) is 16.6 Å². The fraction of sp³-hybridized carbons (Fsp3) is 0.250. The third kappa shape index (κ3) is 5.61. The highest BCUT2D eigenvalue weighted by molar-refractivity contribution is 8.00. The Balaban J connectivity index is 1.46. The van der Waals surface area contributed by atoms with Gasteiger partial charge in [-0.25, -0.2) is 4.98 Å². The predicted molar refractivity (Wildman–Crippen MR) is 118 cm³/mol. The first kappa shape index (κ1) is 20.9. The number of nitrogens with zero attached hydrogens (tertiary/aromatic N) is 1. The van der Waals surface area contributed by atoms with Gasteiger partial charge in [-0.3, -0.25) is 9.59 Å². The number of carbonyl (C=O) groups is 2. The minimum absolute atomic E-state index is 0.154. The molecular formula is C20H21N3O4S2. The van der Waals surface area contributed by atoms with Crippen molar-refractivity contribution in [2.75, 3.05) is 36.4 Å². The summed E-state index contributed by atoms with van der Waals surface area (Å²) in [5.74, 6) is 1.04. The van der Waals surface area contributed by atoms with Crippen molar-refractivity contribution in [1.82, 2.24) is 4.98 Å². The van der Waals surface area contributed by atoms with E-state index in [0.717, 1.165) is 15.8 Å². The number of nitrogens with one attached hydrogen (secondary N) is 2. The maximum absolute atomic E-state index is 12.1. The number of hydrogen-bond acceptors (Lipinski definition) is 7. The van der Waals surface area contributed by atoms with Crippen LogP contribution in [0.15, 0.2) is 36.4 Å². The molecule has 152 valence electrons. The number of thioether (sulfide) groups is 1. The van der Waals surface area contributed by atoms with E-state index >= 15 is 0 Å². The molecule has 2 amide bonds. The molecule has 0 aliphatic heterocycles. The van der Waals surface area contributed by atoms with Crippen LogP contribution in [0.2, 0.25) is 0 Å². The van der Waals surface area contributed by atoms with Crippen molar-refractivity contribution in [3.8, 4) is 11.5 Å². The fourth-order valence-electron chi connectivity index (χ4n) is 2.59. The van der Waals surface area contributed by atoms with Crippen molar-refractivity contribution in [1.29, 1.82) is 0 Å². The van der Waals surface area contributed by atoms with Gasteiger partial charge < -0.3 is 20.1 Å². The van der Waals surface area contributed by atoms with Gasteiger partial charge in [-0.1, -0.05) is 17.4 Å². The van der Waals surface area contributed by atoms with E-state index in [0.29, 0.717) is 22.3 Å². The molecule has 2 aromatic carbocycles. The molecular weight excluding hydrogens is 410 g/mol. The smallest absolute Gasteiger partial charge is 0.236 e. The Hall–Kier alpha value is -2.78. The van der Waals surface area contributed by atoms with Crippen LogP contribution in [0.25, 0.3) is 10.2 Å². The van der Waals surface area contributed by atoms with Gasteiger partial charge in [-0.05, 0) is 36.8 Å². The van der Waals surface area contributed by atoms with Crippen LogP contribution < -0.4 is 20.1 Å². The molecule has 3 rings (SSSR count). The number of amides is 2. The number of aryl methyl sites for hydroxylation is 1. The van der Waals surface area contributed by atoms with E-state index in [1.165, 1.54) is 30.2 Å². The van der Waals surface area contributed by atoms with Gasteiger partial charge in [-0.15, -0.1) is 11.8 Å². The number of aromatic nitrogens is 1. The molecule has 0 fully saturated rings. The Labute approximate surface area is 176 Å². The summed E-state index contributed by atoms with van der Waals surface area (Å²) in [6.45, 7) is 2.00. The highest BCUT2D eigenvalue weighted by Gasteiger charge is 2.11. The van der Waals surface area contributed by atoms with Crippen molar-refractivity contribution in [3.05, 3.63) is 42.0 Å². The summed E-state index contributed by atoms with van der Waals surface area (Å²) >= 11 is 2.66. The second-order valence-corrected chi connectivity index (χ2v) is 8.17. The van der Waals surface area contributed by atoms with Crippen LogP contribution >= 0.6 is 23.1 Å². The first-order valence-electron chi connectivity index (χ1n) is 8.75. The molecule has 29 heavy (non-hydrogen) atoms. The van der Waals surface area contributed by atoms with Gasteiger partial charge in [0.1, 0.15) is 0 Å². The number of thiazole rings is 1. The lowest BCUT2D eigenvalue weighted by atomic mass is 10.2. The number of ether oxygens (including phenoxy) is 2. The molecule has 0 radical (unpaired) electrons. The first-order valence-corrected chi connectivity index (χ1v) is 10.7. The van der Waals surface area contributed by atoms with E-state index in [-0.39, 0.29) is 23.3 Å². The first-order chi connectivity index (χ1) is 14.0. The van der Waals surface area contributed by atoms with Gasteiger partial charge in [0.05, 0.1) is 35.9 Å². The second-order valence-electron chi connectivity index (χ2n) is 6.15. The molecule has 1 heterocycles. The predicted octanol–water partition coefficient (Wildman–Crippen LogP) is 3.93. The summed E-state index contributed by atoms with van der Waals surface area (Å²) in [6.07, 6.45) is 0. The Kier molecular flexibility index (Phi) is 6.95. The summed E-state index contributed by atoms with van der Waals surface area (Å²) < 4.78 is 11.4. The molecule has 0 saturated heterocycles. The Morgan fingerprint density at radius 3 is 2.45 bits per heavy atom. The molecule has 0 unspecified atom stereocenters. The van der Waals surface area contributed by atoms with Crippen molar-refractivity contribution in [3.63, 3.8) is 0 Å². The maximum Gasteiger partial charge on any atom is 0.236 e. The Bertz CT molecular complexity index is 1040. The third-order valence-electron chi connectivity index (χ3n) is 3.92. The lowest BCUT2D eigenvalue weighted by molar-refractivity contribution is -0.114. The van der Waals surface area contributed by atoms with Crippen molar-refractivity contribution in [2.45, 2.75) is 6.92 Å². The summed E-state index contributed by atoms with van der Waals surface area (Å²) in [6, 6.07) is 11.1. The minimum atomic E-state index is -0.203. The van der Waals surface area contributed by atoms with Crippen LogP contribution in [0.5, 0.6) is 11.5 Å². The topological polar surface area (TPSA) is 89.5 Å². The summed E-state index contributed by atoms with van der Waals surface area (Å²) in [7, 11) is 3.08. The van der Waals surface area contributed by atoms with Crippen LogP contribution in [-0.4, -0.2) is 42.5 Å². The standard InChI is InChI=1S/C20H21N3O4S2/c1-12-4-7-17-14(8-12)22-20(29-17)23-19(25)11-28-10-18(24)21-13-5-6-15(26-2)16(9-13)27-3/h4-9H,10-11H2,1-3H3,(H,21,24)(H,22,23,25). The molecule has 0 atom stereocenters. The molecule has 0 aliphatic carbocycles. The summed E-state index contributed by atoms with van der Waals surface area (Å²) in [4.78, 5) is 28.7. The molecule has 0 aliphatic rings. The van der Waals surface area contributed by atoms with Gasteiger partial charge >= 0.3 is 0 Å². The molecule has 1 aromatic heterocycles. The SMILES string of the molecule is COc1ccc(NC(=O)CSCC(=O)Nc2nc3cc(C)ccc3s2)cc1OC. The maximum atomic E-state index is 12.1. The molecule has 2 N–H and O–H groups in total. The van der Waals surface area contributed by atoms with Crippen molar-refractivity contribution >= 4 is 55.9 Å². The van der Waals surface area contributed by atoms with E-state index in [1.807, 2.05) is 25.1 Å². The van der Waals surface area contributed by atoms with E-state index in [2.05, 4.69) is 15.6 Å².